The van der Waals surface area contributed by atoms with Crippen LogP contribution in [0.4, 0.5) is 0 Å². The van der Waals surface area contributed by atoms with Gasteiger partial charge in [-0.15, -0.1) is 0 Å². The minimum Gasteiger partial charge on any atom is -0.0984 e. The van der Waals surface area contributed by atoms with Crippen LogP contribution >= 0.6 is 0 Å². The molecule has 27 heavy (non-hydrogen) atoms. The van der Waals surface area contributed by atoms with Crippen molar-refractivity contribution < 1.29 is 0 Å². The predicted molar refractivity (Wildman–Crippen MR) is 119 cm³/mol. The molecule has 1 unspecified atom stereocenters. The van der Waals surface area contributed by atoms with Gasteiger partial charge in [0.15, 0.2) is 0 Å². The fourth-order valence-electron chi connectivity index (χ4n) is 3.40. The van der Waals surface area contributed by atoms with Crippen LogP contribution in [0, 0.1) is 0 Å². The maximum atomic E-state index is 4.02. The van der Waals surface area contributed by atoms with Crippen molar-refractivity contribution >= 4 is 5.57 Å². The highest BCUT2D eigenvalue weighted by Crippen LogP contribution is 2.36. The molecule has 0 saturated heterocycles. The summed E-state index contributed by atoms with van der Waals surface area (Å²) in [7, 11) is 0. The molecule has 134 valence electrons. The van der Waals surface area contributed by atoms with E-state index in [1.807, 2.05) is 19.1 Å². The molecule has 1 aliphatic carbocycles. The molecule has 3 rings (SSSR count). The SMILES string of the molecule is C=C/C(=C\C=C/C)C1=CC(C)(c2ccccc2)C=C(c2ccccc2)C=C1. The zero-order valence-corrected chi connectivity index (χ0v) is 16.1. The predicted octanol–water partition coefficient (Wildman–Crippen LogP) is 7.21. The zero-order valence-electron chi connectivity index (χ0n) is 16.1. The lowest BCUT2D eigenvalue weighted by Gasteiger charge is -2.24. The van der Waals surface area contributed by atoms with Gasteiger partial charge in [0.2, 0.25) is 0 Å². The van der Waals surface area contributed by atoms with Gasteiger partial charge in [-0.05, 0) is 41.7 Å². The maximum Gasteiger partial charge on any atom is 0.0301 e. The Labute approximate surface area is 163 Å². The first-order chi connectivity index (χ1) is 13.2. The third kappa shape index (κ3) is 4.35. The lowest BCUT2D eigenvalue weighted by Crippen LogP contribution is -2.16. The Morgan fingerprint density at radius 3 is 2.19 bits per heavy atom. The molecule has 0 aliphatic heterocycles. The van der Waals surface area contributed by atoms with Crippen LogP contribution < -0.4 is 0 Å². The Morgan fingerprint density at radius 1 is 0.889 bits per heavy atom. The normalized spacial score (nSPS) is 20.1. The summed E-state index contributed by atoms with van der Waals surface area (Å²) in [6.45, 7) is 8.32. The number of rotatable bonds is 5. The summed E-state index contributed by atoms with van der Waals surface area (Å²) >= 11 is 0. The Bertz CT molecular complexity index is 934. The summed E-state index contributed by atoms with van der Waals surface area (Å²) in [6, 6.07) is 21.2. The van der Waals surface area contributed by atoms with Crippen LogP contribution in [-0.4, -0.2) is 0 Å². The van der Waals surface area contributed by atoms with E-state index in [1.165, 1.54) is 22.3 Å². The molecule has 0 aromatic heterocycles. The van der Waals surface area contributed by atoms with Gasteiger partial charge in [-0.25, -0.2) is 0 Å². The third-order valence-electron chi connectivity index (χ3n) is 4.88. The molecule has 0 saturated carbocycles. The van der Waals surface area contributed by atoms with Gasteiger partial charge in [-0.3, -0.25) is 0 Å². The number of hydrogen-bond donors (Lipinski definition) is 0. The van der Waals surface area contributed by atoms with E-state index in [-0.39, 0.29) is 5.41 Å². The summed E-state index contributed by atoms with van der Waals surface area (Å²) in [5, 5.41) is 0. The van der Waals surface area contributed by atoms with Crippen molar-refractivity contribution in [1.82, 2.24) is 0 Å². The standard InChI is InChI=1S/C27H26/c1-4-6-13-22(5-2)24-18-19-25(23-14-9-7-10-15-23)21-27(3,20-24)26-16-11-8-12-17-26/h4-21H,2H2,1,3H3/b6-4-,22-13+. The minimum atomic E-state index is -0.219. The van der Waals surface area contributed by atoms with Crippen molar-refractivity contribution in [3.63, 3.8) is 0 Å². The molecule has 0 bridgehead atoms. The second kappa shape index (κ2) is 8.51. The fourth-order valence-corrected chi connectivity index (χ4v) is 3.40. The van der Waals surface area contributed by atoms with E-state index in [9.17, 15) is 0 Å². The Morgan fingerprint density at radius 2 is 1.56 bits per heavy atom. The topological polar surface area (TPSA) is 0 Å². The highest BCUT2D eigenvalue weighted by Gasteiger charge is 2.24. The van der Waals surface area contributed by atoms with E-state index in [4.69, 9.17) is 0 Å². The van der Waals surface area contributed by atoms with E-state index < -0.39 is 0 Å². The molecular formula is C27H26. The molecule has 0 fully saturated rings. The van der Waals surface area contributed by atoms with Gasteiger partial charge in [0.1, 0.15) is 0 Å². The zero-order chi connectivity index (χ0) is 19.1. The summed E-state index contributed by atoms with van der Waals surface area (Å²) in [5.41, 5.74) is 5.80. The largest absolute Gasteiger partial charge is 0.0984 e. The molecule has 2 aromatic rings. The monoisotopic (exact) mass is 350 g/mol. The van der Waals surface area contributed by atoms with E-state index >= 15 is 0 Å². The van der Waals surface area contributed by atoms with Gasteiger partial charge < -0.3 is 0 Å². The Hall–Kier alpha value is -3.12. The third-order valence-corrected chi connectivity index (χ3v) is 4.88. The van der Waals surface area contributed by atoms with Crippen molar-refractivity contribution in [2.45, 2.75) is 19.3 Å². The van der Waals surface area contributed by atoms with Crippen LogP contribution in [0.15, 0.2) is 127 Å². The van der Waals surface area contributed by atoms with Gasteiger partial charge in [-0.1, -0.05) is 116 Å². The quantitative estimate of drug-likeness (QED) is 0.500. The van der Waals surface area contributed by atoms with Crippen molar-refractivity contribution in [3.8, 4) is 0 Å². The van der Waals surface area contributed by atoms with E-state index in [1.54, 1.807) is 0 Å². The first kappa shape index (κ1) is 18.7. The van der Waals surface area contributed by atoms with Crippen molar-refractivity contribution in [3.05, 3.63) is 138 Å². The summed E-state index contributed by atoms with van der Waals surface area (Å²) in [5.74, 6) is 0. The molecule has 0 radical (unpaired) electrons. The van der Waals surface area contributed by atoms with Crippen LogP contribution in [0.2, 0.25) is 0 Å². The van der Waals surface area contributed by atoms with Crippen molar-refractivity contribution in [2.24, 2.45) is 0 Å². The highest BCUT2D eigenvalue weighted by atomic mass is 14.3. The van der Waals surface area contributed by atoms with Crippen LogP contribution in [-0.2, 0) is 5.41 Å². The van der Waals surface area contributed by atoms with Crippen LogP contribution in [0.25, 0.3) is 5.57 Å². The lowest BCUT2D eigenvalue weighted by atomic mass is 9.79. The Kier molecular flexibility index (Phi) is 5.88. The number of benzene rings is 2. The molecule has 0 spiro atoms. The smallest absolute Gasteiger partial charge is 0.0301 e. The van der Waals surface area contributed by atoms with Crippen molar-refractivity contribution in [2.75, 3.05) is 0 Å². The first-order valence-corrected chi connectivity index (χ1v) is 9.37. The second-order valence-corrected chi connectivity index (χ2v) is 6.90. The molecule has 0 heteroatoms. The van der Waals surface area contributed by atoms with Crippen molar-refractivity contribution in [1.29, 1.82) is 0 Å². The van der Waals surface area contributed by atoms with Crippen LogP contribution in [0.5, 0.6) is 0 Å². The van der Waals surface area contributed by atoms with Gasteiger partial charge in [0, 0.05) is 5.41 Å². The second-order valence-electron chi connectivity index (χ2n) is 6.90. The van der Waals surface area contributed by atoms with Gasteiger partial charge in [0.05, 0.1) is 0 Å². The van der Waals surface area contributed by atoms with Gasteiger partial charge in [-0.2, -0.15) is 0 Å². The summed E-state index contributed by atoms with van der Waals surface area (Å²) < 4.78 is 0. The van der Waals surface area contributed by atoms with E-state index in [0.717, 1.165) is 5.57 Å². The van der Waals surface area contributed by atoms with Crippen LogP contribution in [0.1, 0.15) is 25.0 Å². The molecule has 2 aromatic carbocycles. The average Bonchev–Trinajstić information content (AvgIpc) is 2.90. The van der Waals surface area contributed by atoms with E-state index in [0.29, 0.717) is 0 Å². The lowest BCUT2D eigenvalue weighted by molar-refractivity contribution is 0.757. The number of hydrogen-bond acceptors (Lipinski definition) is 0. The Balaban J connectivity index is 2.18. The summed E-state index contributed by atoms with van der Waals surface area (Å²) in [4.78, 5) is 0. The average molecular weight is 351 g/mol. The highest BCUT2D eigenvalue weighted by molar-refractivity contribution is 5.78. The fraction of sp³-hybridized carbons (Fsp3) is 0.111. The van der Waals surface area contributed by atoms with E-state index in [2.05, 4.69) is 111 Å². The molecule has 1 atom stereocenters. The molecule has 0 heterocycles. The molecule has 0 N–H and O–H groups in total. The summed E-state index contributed by atoms with van der Waals surface area (Å²) in [6.07, 6.45) is 17.2. The molecule has 0 nitrogen and oxygen atoms in total. The van der Waals surface area contributed by atoms with Gasteiger partial charge >= 0.3 is 0 Å². The first-order valence-electron chi connectivity index (χ1n) is 9.37. The van der Waals surface area contributed by atoms with Crippen LogP contribution in [0.3, 0.4) is 0 Å². The minimum absolute atomic E-state index is 0.219. The molecule has 1 aliphatic rings. The number of allylic oxidation sites excluding steroid dienone is 11. The molecular weight excluding hydrogens is 324 g/mol. The van der Waals surface area contributed by atoms with Gasteiger partial charge in [0.25, 0.3) is 0 Å². The molecule has 0 amide bonds. The maximum absolute atomic E-state index is 4.02.